The van der Waals surface area contributed by atoms with Gasteiger partial charge in [-0.05, 0) is 84.3 Å². The number of allylic oxidation sites excluding steroid dienone is 4. The van der Waals surface area contributed by atoms with Crippen molar-refractivity contribution >= 4 is 17.3 Å². The predicted octanol–water partition coefficient (Wildman–Crippen LogP) is 5.54. The Morgan fingerprint density at radius 1 is 1.25 bits per heavy atom. The van der Waals surface area contributed by atoms with E-state index in [2.05, 4.69) is 48.3 Å². The summed E-state index contributed by atoms with van der Waals surface area (Å²) >= 11 is 0. The monoisotopic (exact) mass is 489 g/mol. The zero-order valence-electron chi connectivity index (χ0n) is 21.5. The number of aliphatic hydroxyl groups is 1. The van der Waals surface area contributed by atoms with Crippen molar-refractivity contribution in [1.82, 2.24) is 0 Å². The lowest BCUT2D eigenvalue weighted by Crippen LogP contribution is -2.51. The number of ketones is 2. The fraction of sp³-hybridized carbons (Fsp3) is 0.548. The van der Waals surface area contributed by atoms with E-state index in [1.807, 2.05) is 14.0 Å². The number of carbonyl (C=O) groups excluding carboxylic acids is 2. The van der Waals surface area contributed by atoms with Gasteiger partial charge in [-0.2, -0.15) is 0 Å². The molecule has 0 aliphatic heterocycles. The van der Waals surface area contributed by atoms with Crippen molar-refractivity contribution < 1.29 is 19.1 Å². The summed E-state index contributed by atoms with van der Waals surface area (Å²) in [6.07, 6.45) is 4.37. The third-order valence-electron chi connectivity index (χ3n) is 9.73. The van der Waals surface area contributed by atoms with Crippen molar-refractivity contribution in [2.75, 3.05) is 19.0 Å². The number of Topliss-reactive ketones (excluding diaryl/α,β-unsaturated/α-hetero) is 1. The van der Waals surface area contributed by atoms with Gasteiger partial charge in [0.15, 0.2) is 11.6 Å². The normalized spacial score (nSPS) is 35.1. The molecule has 0 heterocycles. The molecule has 2 N–H and O–H groups in total. The van der Waals surface area contributed by atoms with E-state index < -0.39 is 17.0 Å². The van der Waals surface area contributed by atoms with Crippen LogP contribution in [0.3, 0.4) is 0 Å². The lowest BCUT2D eigenvalue weighted by Gasteiger charge is -2.55. The molecule has 1 aromatic carbocycles. The number of nitrogens with one attached hydrogen (secondary N) is 1. The molecule has 4 aliphatic rings. The van der Waals surface area contributed by atoms with Crippen molar-refractivity contribution in [1.29, 1.82) is 0 Å². The molecule has 4 nitrogen and oxygen atoms in total. The number of benzene rings is 1. The maximum absolute atomic E-state index is 15.7. The van der Waals surface area contributed by atoms with Gasteiger partial charge in [-0.1, -0.05) is 43.4 Å². The molecule has 0 bridgehead atoms. The topological polar surface area (TPSA) is 66.4 Å². The molecule has 0 saturated heterocycles. The Hall–Kier alpha value is -2.71. The van der Waals surface area contributed by atoms with Crippen LogP contribution in [0.25, 0.3) is 0 Å². The molecule has 0 radical (unpaired) electrons. The standard InChI is InChI=1S/C31H36FNO3/c1-4-28(36)31(13-5-15-34)14-12-26-24-17-27(32)23-16-21(35)10-11-22(23)29(24)25(18-30(26,31)2)19-6-8-20(33-3)9-7-19/h6-9,16,24-27,33-34H,4,10-12,14-15,17-18H2,1-3H3/t24-,25+,26-,27?,30-,31-/m0/s1. The molecule has 5 rings (SSSR count). The van der Waals surface area contributed by atoms with E-state index in [-0.39, 0.29) is 35.9 Å². The summed E-state index contributed by atoms with van der Waals surface area (Å²) in [4.78, 5) is 25.8. The average molecular weight is 490 g/mol. The van der Waals surface area contributed by atoms with Gasteiger partial charge in [-0.15, -0.1) is 0 Å². The number of anilines is 1. The van der Waals surface area contributed by atoms with Gasteiger partial charge in [0, 0.05) is 31.5 Å². The summed E-state index contributed by atoms with van der Waals surface area (Å²) in [6.45, 7) is 3.81. The first-order chi connectivity index (χ1) is 17.3. The Labute approximate surface area is 213 Å². The van der Waals surface area contributed by atoms with Crippen LogP contribution in [0.4, 0.5) is 10.1 Å². The van der Waals surface area contributed by atoms with Crippen molar-refractivity contribution in [3.05, 3.63) is 52.6 Å². The third-order valence-corrected chi connectivity index (χ3v) is 9.73. The average Bonchev–Trinajstić information content (AvgIpc) is 3.19. The van der Waals surface area contributed by atoms with Gasteiger partial charge in [-0.3, -0.25) is 9.59 Å². The molecule has 0 amide bonds. The van der Waals surface area contributed by atoms with Crippen molar-refractivity contribution in [2.24, 2.45) is 22.7 Å². The Bertz CT molecular complexity index is 1200. The number of carbonyl (C=O) groups is 2. The number of hydrogen-bond acceptors (Lipinski definition) is 4. The zero-order chi connectivity index (χ0) is 25.7. The van der Waals surface area contributed by atoms with Gasteiger partial charge in [-0.25, -0.2) is 4.39 Å². The predicted molar refractivity (Wildman–Crippen MR) is 139 cm³/mol. The summed E-state index contributed by atoms with van der Waals surface area (Å²) in [7, 11) is 1.89. The van der Waals surface area contributed by atoms with Crippen LogP contribution >= 0.6 is 0 Å². The number of hydrogen-bond donors (Lipinski definition) is 2. The molecule has 0 aromatic heterocycles. The van der Waals surface area contributed by atoms with E-state index in [1.54, 1.807) is 6.08 Å². The SMILES string of the molecule is CCC(=O)[C@]1(C#CCO)CC[C@H]2[C@@H]3CC(F)C4=CC(=O)CCC4=C3[C@@H](c3ccc(NC)cc3)C[C@@]21C. The van der Waals surface area contributed by atoms with Gasteiger partial charge in [0.05, 0.1) is 5.41 Å². The molecule has 5 heteroatoms. The van der Waals surface area contributed by atoms with Gasteiger partial charge in [0.2, 0.25) is 0 Å². The van der Waals surface area contributed by atoms with Crippen LogP contribution in [0, 0.1) is 34.5 Å². The lowest BCUT2D eigenvalue weighted by atomic mass is 9.48. The Balaban J connectivity index is 1.72. The summed E-state index contributed by atoms with van der Waals surface area (Å²) in [5.74, 6) is 6.43. The second kappa shape index (κ2) is 9.30. The largest absolute Gasteiger partial charge is 0.388 e. The van der Waals surface area contributed by atoms with E-state index >= 15 is 4.39 Å². The van der Waals surface area contributed by atoms with E-state index in [0.717, 1.165) is 29.7 Å². The molecule has 4 aliphatic carbocycles. The number of fused-ring (bicyclic) bond motifs is 4. The molecule has 0 spiro atoms. The minimum absolute atomic E-state index is 0.00976. The summed E-state index contributed by atoms with van der Waals surface area (Å²) in [6, 6.07) is 8.41. The lowest BCUT2D eigenvalue weighted by molar-refractivity contribution is -0.132. The van der Waals surface area contributed by atoms with E-state index in [0.29, 0.717) is 37.7 Å². The van der Waals surface area contributed by atoms with Gasteiger partial charge in [0.25, 0.3) is 0 Å². The molecular weight excluding hydrogens is 453 g/mol. The summed E-state index contributed by atoms with van der Waals surface area (Å²) in [5.41, 5.74) is 3.84. The van der Waals surface area contributed by atoms with Crippen molar-refractivity contribution in [3.8, 4) is 11.8 Å². The smallest absolute Gasteiger partial charge is 0.156 e. The van der Waals surface area contributed by atoms with E-state index in [9.17, 15) is 14.7 Å². The Morgan fingerprint density at radius 3 is 2.67 bits per heavy atom. The molecule has 6 atom stereocenters. The van der Waals surface area contributed by atoms with E-state index in [1.165, 1.54) is 5.57 Å². The van der Waals surface area contributed by atoms with Gasteiger partial charge < -0.3 is 10.4 Å². The second-order valence-corrected chi connectivity index (χ2v) is 11.1. The molecule has 2 saturated carbocycles. The fourth-order valence-electron chi connectivity index (χ4n) is 8.07. The van der Waals surface area contributed by atoms with Crippen LogP contribution in [-0.2, 0) is 9.59 Å². The van der Waals surface area contributed by atoms with Crippen LogP contribution in [0.1, 0.15) is 70.3 Å². The molecule has 1 unspecified atom stereocenters. The Kier molecular flexibility index (Phi) is 6.45. The molecule has 2 fully saturated rings. The van der Waals surface area contributed by atoms with Crippen LogP contribution in [0.2, 0.25) is 0 Å². The van der Waals surface area contributed by atoms with E-state index in [4.69, 9.17) is 0 Å². The minimum Gasteiger partial charge on any atom is -0.388 e. The van der Waals surface area contributed by atoms with Crippen LogP contribution in [-0.4, -0.2) is 36.5 Å². The third kappa shape index (κ3) is 3.60. The van der Waals surface area contributed by atoms with Crippen LogP contribution in [0.5, 0.6) is 0 Å². The quantitative estimate of drug-likeness (QED) is 0.545. The molecule has 1 aromatic rings. The second-order valence-electron chi connectivity index (χ2n) is 11.1. The van der Waals surface area contributed by atoms with Crippen molar-refractivity contribution in [2.45, 2.75) is 70.9 Å². The summed E-state index contributed by atoms with van der Waals surface area (Å²) < 4.78 is 15.7. The number of halogens is 1. The van der Waals surface area contributed by atoms with Crippen molar-refractivity contribution in [3.63, 3.8) is 0 Å². The van der Waals surface area contributed by atoms with Crippen LogP contribution < -0.4 is 5.32 Å². The highest BCUT2D eigenvalue weighted by molar-refractivity contribution is 5.93. The minimum atomic E-state index is -1.16. The zero-order valence-corrected chi connectivity index (χ0v) is 21.5. The van der Waals surface area contributed by atoms with Crippen LogP contribution in [0.15, 0.2) is 47.1 Å². The first-order valence-corrected chi connectivity index (χ1v) is 13.3. The first kappa shape index (κ1) is 25.0. The van der Waals surface area contributed by atoms with Gasteiger partial charge >= 0.3 is 0 Å². The maximum atomic E-state index is 15.7. The first-order valence-electron chi connectivity index (χ1n) is 13.3. The number of alkyl halides is 1. The highest BCUT2D eigenvalue weighted by atomic mass is 19.1. The highest BCUT2D eigenvalue weighted by Gasteiger charge is 2.65. The summed E-state index contributed by atoms with van der Waals surface area (Å²) in [5, 5.41) is 12.7. The highest BCUT2D eigenvalue weighted by Crippen LogP contribution is 2.70. The number of rotatable bonds is 4. The van der Waals surface area contributed by atoms with Gasteiger partial charge in [0.1, 0.15) is 12.8 Å². The maximum Gasteiger partial charge on any atom is 0.156 e. The fourth-order valence-corrected chi connectivity index (χ4v) is 8.07. The molecular formula is C31H36FNO3. The number of aliphatic hydroxyl groups excluding tert-OH is 1. The molecule has 36 heavy (non-hydrogen) atoms. The molecule has 190 valence electrons. The Morgan fingerprint density at radius 2 is 2.00 bits per heavy atom.